The van der Waals surface area contributed by atoms with Gasteiger partial charge in [-0.15, -0.1) is 0 Å². The highest BCUT2D eigenvalue weighted by molar-refractivity contribution is 5.37. The van der Waals surface area contributed by atoms with Gasteiger partial charge in [0.1, 0.15) is 5.76 Å². The Hall–Kier alpha value is -1.54. The van der Waals surface area contributed by atoms with Gasteiger partial charge in [-0.25, -0.2) is 0 Å². The quantitative estimate of drug-likeness (QED) is 0.906. The Morgan fingerprint density at radius 2 is 1.95 bits per heavy atom. The zero-order valence-corrected chi connectivity index (χ0v) is 12.9. The fraction of sp³-hybridized carbons (Fsp3) is 0.444. The predicted molar refractivity (Wildman–Crippen MR) is 84.1 cm³/mol. The SMILES string of the molecule is Cc1ccc(C(C)(C)C)cc1C(CN)Cc1ccco1. The van der Waals surface area contributed by atoms with E-state index < -0.39 is 0 Å². The molecule has 2 rings (SSSR count). The average Bonchev–Trinajstić information content (AvgIpc) is 2.88. The van der Waals surface area contributed by atoms with Crippen LogP contribution in [0.5, 0.6) is 0 Å². The Morgan fingerprint density at radius 3 is 2.50 bits per heavy atom. The number of nitrogens with two attached hydrogens (primary N) is 1. The number of aryl methyl sites for hydroxylation is 1. The van der Waals surface area contributed by atoms with Crippen LogP contribution < -0.4 is 5.73 Å². The summed E-state index contributed by atoms with van der Waals surface area (Å²) in [7, 11) is 0. The lowest BCUT2D eigenvalue weighted by Gasteiger charge is -2.23. The van der Waals surface area contributed by atoms with E-state index in [2.05, 4.69) is 45.9 Å². The van der Waals surface area contributed by atoms with Crippen molar-refractivity contribution >= 4 is 0 Å². The van der Waals surface area contributed by atoms with Gasteiger partial charge in [0.05, 0.1) is 6.26 Å². The standard InChI is InChI=1S/C18H25NO/c1-13-7-8-15(18(2,3)4)11-17(13)14(12-19)10-16-6-5-9-20-16/h5-9,11,14H,10,12,19H2,1-4H3. The molecule has 2 N–H and O–H groups in total. The zero-order valence-electron chi connectivity index (χ0n) is 12.9. The van der Waals surface area contributed by atoms with Gasteiger partial charge in [-0.1, -0.05) is 39.0 Å². The third kappa shape index (κ3) is 3.31. The van der Waals surface area contributed by atoms with Crippen molar-refractivity contribution in [2.24, 2.45) is 5.73 Å². The molecule has 0 spiro atoms. The summed E-state index contributed by atoms with van der Waals surface area (Å²) in [5.74, 6) is 1.31. The van der Waals surface area contributed by atoms with Gasteiger partial charge >= 0.3 is 0 Å². The van der Waals surface area contributed by atoms with Crippen LogP contribution in [0, 0.1) is 6.92 Å². The molecule has 0 aliphatic rings. The molecule has 1 aromatic carbocycles. The van der Waals surface area contributed by atoms with Crippen LogP contribution in [0.4, 0.5) is 0 Å². The van der Waals surface area contributed by atoms with Gasteiger partial charge in [0.2, 0.25) is 0 Å². The van der Waals surface area contributed by atoms with Gasteiger partial charge < -0.3 is 10.2 Å². The highest BCUT2D eigenvalue weighted by Gasteiger charge is 2.19. The predicted octanol–water partition coefficient (Wildman–Crippen LogP) is 4.17. The van der Waals surface area contributed by atoms with Gasteiger partial charge in [0, 0.05) is 12.3 Å². The monoisotopic (exact) mass is 271 g/mol. The van der Waals surface area contributed by atoms with E-state index in [1.165, 1.54) is 16.7 Å². The molecule has 0 bridgehead atoms. The highest BCUT2D eigenvalue weighted by Crippen LogP contribution is 2.29. The van der Waals surface area contributed by atoms with E-state index >= 15 is 0 Å². The molecule has 0 aliphatic carbocycles. The van der Waals surface area contributed by atoms with Crippen LogP contribution in [0.3, 0.4) is 0 Å². The maximum Gasteiger partial charge on any atom is 0.104 e. The molecule has 0 aliphatic heterocycles. The van der Waals surface area contributed by atoms with Gasteiger partial charge in [-0.3, -0.25) is 0 Å². The number of rotatable bonds is 4. The van der Waals surface area contributed by atoms with E-state index in [1.54, 1.807) is 6.26 Å². The first kappa shape index (κ1) is 14.9. The second-order valence-corrected chi connectivity index (χ2v) is 6.54. The normalized spacial score (nSPS) is 13.4. The molecule has 2 heteroatoms. The maximum absolute atomic E-state index is 6.01. The van der Waals surface area contributed by atoms with E-state index in [1.807, 2.05) is 12.1 Å². The summed E-state index contributed by atoms with van der Waals surface area (Å²) in [5.41, 5.74) is 10.2. The van der Waals surface area contributed by atoms with Gasteiger partial charge in [-0.05, 0) is 47.7 Å². The zero-order chi connectivity index (χ0) is 14.8. The molecule has 0 saturated carbocycles. The minimum atomic E-state index is 0.159. The lowest BCUT2D eigenvalue weighted by Crippen LogP contribution is -2.18. The molecule has 2 aromatic rings. The maximum atomic E-state index is 6.01. The van der Waals surface area contributed by atoms with Gasteiger partial charge in [0.15, 0.2) is 0 Å². The van der Waals surface area contributed by atoms with Crippen LogP contribution in [0.15, 0.2) is 41.0 Å². The van der Waals surface area contributed by atoms with Gasteiger partial charge in [-0.2, -0.15) is 0 Å². The number of benzene rings is 1. The van der Waals surface area contributed by atoms with Crippen LogP contribution >= 0.6 is 0 Å². The summed E-state index contributed by atoms with van der Waals surface area (Å²) < 4.78 is 5.47. The topological polar surface area (TPSA) is 39.2 Å². The summed E-state index contributed by atoms with van der Waals surface area (Å²) in [6.45, 7) is 9.52. The molecule has 0 saturated heterocycles. The fourth-order valence-corrected chi connectivity index (χ4v) is 2.54. The molecular formula is C18H25NO. The van der Waals surface area contributed by atoms with Crippen LogP contribution in [0.1, 0.15) is 49.1 Å². The van der Waals surface area contributed by atoms with Crippen molar-refractivity contribution in [3.63, 3.8) is 0 Å². The Morgan fingerprint density at radius 1 is 1.20 bits per heavy atom. The third-order valence-corrected chi connectivity index (χ3v) is 3.90. The lowest BCUT2D eigenvalue weighted by atomic mass is 9.82. The van der Waals surface area contributed by atoms with Crippen molar-refractivity contribution in [1.82, 2.24) is 0 Å². The fourth-order valence-electron chi connectivity index (χ4n) is 2.54. The summed E-state index contributed by atoms with van der Waals surface area (Å²) in [6.07, 6.45) is 2.58. The van der Waals surface area contributed by atoms with E-state index in [9.17, 15) is 0 Å². The van der Waals surface area contributed by atoms with Crippen LogP contribution in [-0.2, 0) is 11.8 Å². The van der Waals surface area contributed by atoms with Crippen molar-refractivity contribution in [1.29, 1.82) is 0 Å². The van der Waals surface area contributed by atoms with Crippen molar-refractivity contribution in [2.45, 2.75) is 45.4 Å². The molecule has 20 heavy (non-hydrogen) atoms. The molecular weight excluding hydrogens is 246 g/mol. The van der Waals surface area contributed by atoms with E-state index in [0.29, 0.717) is 12.5 Å². The first-order valence-corrected chi connectivity index (χ1v) is 7.25. The minimum Gasteiger partial charge on any atom is -0.469 e. The second kappa shape index (κ2) is 5.84. The van der Waals surface area contributed by atoms with Crippen LogP contribution in [0.25, 0.3) is 0 Å². The molecule has 0 amide bonds. The van der Waals surface area contributed by atoms with Crippen molar-refractivity contribution < 1.29 is 4.42 Å². The molecule has 0 radical (unpaired) electrons. The minimum absolute atomic E-state index is 0.159. The lowest BCUT2D eigenvalue weighted by molar-refractivity contribution is 0.486. The number of hydrogen-bond acceptors (Lipinski definition) is 2. The molecule has 1 aromatic heterocycles. The van der Waals surface area contributed by atoms with Crippen molar-refractivity contribution in [3.05, 3.63) is 59.0 Å². The van der Waals surface area contributed by atoms with E-state index in [-0.39, 0.29) is 5.41 Å². The highest BCUT2D eigenvalue weighted by atomic mass is 16.3. The third-order valence-electron chi connectivity index (χ3n) is 3.90. The largest absolute Gasteiger partial charge is 0.469 e. The molecule has 1 unspecified atom stereocenters. The van der Waals surface area contributed by atoms with Crippen LogP contribution in [0.2, 0.25) is 0 Å². The molecule has 108 valence electrons. The Balaban J connectivity index is 2.33. The van der Waals surface area contributed by atoms with Crippen molar-refractivity contribution in [3.8, 4) is 0 Å². The second-order valence-electron chi connectivity index (χ2n) is 6.54. The summed E-state index contributed by atoms with van der Waals surface area (Å²) in [4.78, 5) is 0. The van der Waals surface area contributed by atoms with Gasteiger partial charge in [0.25, 0.3) is 0 Å². The van der Waals surface area contributed by atoms with Crippen LogP contribution in [-0.4, -0.2) is 6.54 Å². The number of hydrogen-bond donors (Lipinski definition) is 1. The first-order chi connectivity index (χ1) is 9.41. The van der Waals surface area contributed by atoms with E-state index in [4.69, 9.17) is 10.2 Å². The Bertz CT molecular complexity index is 549. The summed E-state index contributed by atoms with van der Waals surface area (Å²) >= 11 is 0. The molecule has 1 heterocycles. The first-order valence-electron chi connectivity index (χ1n) is 7.25. The van der Waals surface area contributed by atoms with Crippen molar-refractivity contribution in [2.75, 3.05) is 6.54 Å². The Kier molecular flexibility index (Phi) is 4.34. The molecule has 2 nitrogen and oxygen atoms in total. The average molecular weight is 271 g/mol. The Labute approximate surface area is 122 Å². The summed E-state index contributed by atoms with van der Waals surface area (Å²) in [6, 6.07) is 10.7. The molecule has 1 atom stereocenters. The number of furan rings is 1. The summed E-state index contributed by atoms with van der Waals surface area (Å²) in [5, 5.41) is 0. The molecule has 0 fully saturated rings. The van der Waals surface area contributed by atoms with E-state index in [0.717, 1.165) is 12.2 Å². The smallest absolute Gasteiger partial charge is 0.104 e.